The van der Waals surface area contributed by atoms with Crippen molar-refractivity contribution in [2.75, 3.05) is 13.1 Å². The normalized spacial score (nSPS) is 16.3. The van der Waals surface area contributed by atoms with E-state index < -0.39 is 0 Å². The molecule has 6 heteroatoms. The number of amides is 1. The standard InChI is InChI=1S/C16H26N4OS/c1-2-17-16(18-10-13-8-9-22-12-13)19-11-15(21)20-14-6-4-3-5-7-14/h8-9,12,14H,2-7,10-11H2,1H3,(H,20,21)(H2,17,18,19). The molecule has 1 amide bonds. The van der Waals surface area contributed by atoms with Crippen LogP contribution in [0.3, 0.4) is 0 Å². The van der Waals surface area contributed by atoms with Crippen molar-refractivity contribution in [3.63, 3.8) is 0 Å². The molecule has 0 saturated heterocycles. The van der Waals surface area contributed by atoms with E-state index in [0.717, 1.165) is 19.4 Å². The fraction of sp³-hybridized carbons (Fsp3) is 0.625. The lowest BCUT2D eigenvalue weighted by molar-refractivity contribution is -0.120. The van der Waals surface area contributed by atoms with E-state index >= 15 is 0 Å². The molecule has 122 valence electrons. The van der Waals surface area contributed by atoms with Gasteiger partial charge in [-0.05, 0) is 42.2 Å². The molecule has 1 fully saturated rings. The van der Waals surface area contributed by atoms with Gasteiger partial charge in [0.2, 0.25) is 5.91 Å². The summed E-state index contributed by atoms with van der Waals surface area (Å²) in [6, 6.07) is 2.42. The van der Waals surface area contributed by atoms with E-state index in [9.17, 15) is 4.79 Å². The van der Waals surface area contributed by atoms with Crippen molar-refractivity contribution in [2.24, 2.45) is 4.99 Å². The monoisotopic (exact) mass is 322 g/mol. The first kappa shape index (κ1) is 16.8. The largest absolute Gasteiger partial charge is 0.357 e. The number of guanidine groups is 1. The van der Waals surface area contributed by atoms with Crippen molar-refractivity contribution in [2.45, 2.75) is 51.6 Å². The number of thiophene rings is 1. The predicted molar refractivity (Wildman–Crippen MR) is 92.2 cm³/mol. The Bertz CT molecular complexity index is 467. The van der Waals surface area contributed by atoms with Gasteiger partial charge in [0.25, 0.3) is 0 Å². The molecule has 2 rings (SSSR count). The highest BCUT2D eigenvalue weighted by Gasteiger charge is 2.15. The summed E-state index contributed by atoms with van der Waals surface area (Å²) in [4.78, 5) is 16.5. The Morgan fingerprint density at radius 1 is 1.32 bits per heavy atom. The lowest BCUT2D eigenvalue weighted by Gasteiger charge is -2.23. The zero-order chi connectivity index (χ0) is 15.6. The van der Waals surface area contributed by atoms with E-state index in [2.05, 4.69) is 32.4 Å². The topological polar surface area (TPSA) is 65.5 Å². The smallest absolute Gasteiger partial charge is 0.239 e. The molecule has 1 heterocycles. The van der Waals surface area contributed by atoms with Gasteiger partial charge in [0.15, 0.2) is 5.96 Å². The van der Waals surface area contributed by atoms with Crippen molar-refractivity contribution >= 4 is 23.2 Å². The third-order valence-electron chi connectivity index (χ3n) is 3.73. The Morgan fingerprint density at radius 2 is 2.14 bits per heavy atom. The van der Waals surface area contributed by atoms with Gasteiger partial charge in [-0.2, -0.15) is 11.3 Å². The van der Waals surface area contributed by atoms with Crippen LogP contribution in [0.2, 0.25) is 0 Å². The third kappa shape index (κ3) is 6.05. The molecule has 1 aliphatic rings. The number of carbonyl (C=O) groups is 1. The van der Waals surface area contributed by atoms with Gasteiger partial charge >= 0.3 is 0 Å². The quantitative estimate of drug-likeness (QED) is 0.556. The molecular weight excluding hydrogens is 296 g/mol. The molecule has 0 radical (unpaired) electrons. The first-order valence-electron chi connectivity index (χ1n) is 8.10. The molecule has 5 nitrogen and oxygen atoms in total. The van der Waals surface area contributed by atoms with Crippen LogP contribution >= 0.6 is 11.3 Å². The van der Waals surface area contributed by atoms with Crippen LogP contribution in [-0.2, 0) is 11.3 Å². The fourth-order valence-electron chi connectivity index (χ4n) is 2.58. The highest BCUT2D eigenvalue weighted by molar-refractivity contribution is 7.07. The van der Waals surface area contributed by atoms with Gasteiger partial charge in [0.1, 0.15) is 0 Å². The highest BCUT2D eigenvalue weighted by Crippen LogP contribution is 2.17. The minimum atomic E-state index is 0.0491. The molecule has 1 aliphatic carbocycles. The molecule has 3 N–H and O–H groups in total. The molecular formula is C16H26N4OS. The average Bonchev–Trinajstić information content (AvgIpc) is 3.04. The maximum absolute atomic E-state index is 12.0. The van der Waals surface area contributed by atoms with Crippen LogP contribution in [0.25, 0.3) is 0 Å². The molecule has 0 unspecified atom stereocenters. The van der Waals surface area contributed by atoms with Crippen molar-refractivity contribution in [1.29, 1.82) is 0 Å². The van der Waals surface area contributed by atoms with Crippen LogP contribution in [0.4, 0.5) is 0 Å². The summed E-state index contributed by atoms with van der Waals surface area (Å²) in [6.07, 6.45) is 5.97. The van der Waals surface area contributed by atoms with Crippen molar-refractivity contribution in [3.8, 4) is 0 Å². The lowest BCUT2D eigenvalue weighted by atomic mass is 9.95. The van der Waals surface area contributed by atoms with Crippen LogP contribution in [0.1, 0.15) is 44.6 Å². The van der Waals surface area contributed by atoms with Crippen molar-refractivity contribution in [3.05, 3.63) is 22.4 Å². The number of nitrogens with one attached hydrogen (secondary N) is 3. The summed E-state index contributed by atoms with van der Waals surface area (Å²) < 4.78 is 0. The Balaban J connectivity index is 1.75. The Labute approximate surface area is 136 Å². The molecule has 0 spiro atoms. The summed E-state index contributed by atoms with van der Waals surface area (Å²) in [5, 5.41) is 13.5. The van der Waals surface area contributed by atoms with Crippen LogP contribution in [0.15, 0.2) is 21.8 Å². The van der Waals surface area contributed by atoms with E-state index in [1.54, 1.807) is 11.3 Å². The van der Waals surface area contributed by atoms with Gasteiger partial charge in [-0.25, -0.2) is 4.99 Å². The summed E-state index contributed by atoms with van der Waals surface area (Å²) >= 11 is 1.67. The van der Waals surface area contributed by atoms with E-state index in [1.807, 2.05) is 12.3 Å². The van der Waals surface area contributed by atoms with Crippen LogP contribution < -0.4 is 16.0 Å². The second-order valence-electron chi connectivity index (χ2n) is 5.58. The van der Waals surface area contributed by atoms with Crippen LogP contribution in [-0.4, -0.2) is 31.0 Å². The Kier molecular flexibility index (Phi) is 7.22. The van der Waals surface area contributed by atoms with Crippen molar-refractivity contribution in [1.82, 2.24) is 16.0 Å². The Morgan fingerprint density at radius 3 is 2.82 bits per heavy atom. The van der Waals surface area contributed by atoms with E-state index in [1.165, 1.54) is 24.8 Å². The SMILES string of the molecule is CCNC(=NCc1ccsc1)NCC(=O)NC1CCCCC1. The van der Waals surface area contributed by atoms with Crippen LogP contribution in [0.5, 0.6) is 0 Å². The Hall–Kier alpha value is -1.56. The van der Waals surface area contributed by atoms with E-state index in [-0.39, 0.29) is 12.5 Å². The number of nitrogens with zero attached hydrogens (tertiary/aromatic N) is 1. The third-order valence-corrected chi connectivity index (χ3v) is 4.46. The molecule has 0 aliphatic heterocycles. The highest BCUT2D eigenvalue weighted by atomic mass is 32.1. The maximum atomic E-state index is 12.0. The van der Waals surface area contributed by atoms with Gasteiger partial charge in [-0.15, -0.1) is 0 Å². The van der Waals surface area contributed by atoms with Crippen molar-refractivity contribution < 1.29 is 4.79 Å². The van der Waals surface area contributed by atoms with Crippen LogP contribution in [0, 0.1) is 0 Å². The second kappa shape index (κ2) is 9.46. The fourth-order valence-corrected chi connectivity index (χ4v) is 3.24. The number of hydrogen-bond donors (Lipinski definition) is 3. The zero-order valence-corrected chi connectivity index (χ0v) is 14.0. The molecule has 0 aromatic carbocycles. The number of carbonyl (C=O) groups excluding carboxylic acids is 1. The summed E-state index contributed by atoms with van der Waals surface area (Å²) in [5.41, 5.74) is 1.19. The van der Waals surface area contributed by atoms with Gasteiger partial charge < -0.3 is 16.0 Å². The lowest BCUT2D eigenvalue weighted by Crippen LogP contribution is -2.46. The van der Waals surface area contributed by atoms with E-state index in [0.29, 0.717) is 18.5 Å². The summed E-state index contributed by atoms with van der Waals surface area (Å²) in [6.45, 7) is 3.69. The molecule has 0 bridgehead atoms. The van der Waals surface area contributed by atoms with Gasteiger partial charge in [-0.3, -0.25) is 4.79 Å². The predicted octanol–water partition coefficient (Wildman–Crippen LogP) is 2.25. The molecule has 1 aromatic rings. The zero-order valence-electron chi connectivity index (χ0n) is 13.2. The van der Waals surface area contributed by atoms with Gasteiger partial charge in [0, 0.05) is 12.6 Å². The summed E-state index contributed by atoms with van der Waals surface area (Å²) in [7, 11) is 0. The first-order chi connectivity index (χ1) is 10.8. The molecule has 1 saturated carbocycles. The molecule has 0 atom stereocenters. The second-order valence-corrected chi connectivity index (χ2v) is 6.36. The first-order valence-corrected chi connectivity index (χ1v) is 9.05. The minimum absolute atomic E-state index is 0.0491. The average molecular weight is 322 g/mol. The van der Waals surface area contributed by atoms with Gasteiger partial charge in [-0.1, -0.05) is 19.3 Å². The summed E-state index contributed by atoms with van der Waals surface area (Å²) in [5.74, 6) is 0.737. The van der Waals surface area contributed by atoms with Gasteiger partial charge in [0.05, 0.1) is 13.1 Å². The number of aliphatic imine (C=N–C) groups is 1. The maximum Gasteiger partial charge on any atom is 0.239 e. The minimum Gasteiger partial charge on any atom is -0.357 e. The number of hydrogen-bond acceptors (Lipinski definition) is 3. The number of rotatable bonds is 6. The molecule has 22 heavy (non-hydrogen) atoms. The molecule has 1 aromatic heterocycles. The van der Waals surface area contributed by atoms with E-state index in [4.69, 9.17) is 0 Å².